The number of nitrogens with zero attached hydrogens (tertiary/aromatic N) is 1. The van der Waals surface area contributed by atoms with Gasteiger partial charge < -0.3 is 4.74 Å². The molecule has 0 radical (unpaired) electrons. The largest absolute Gasteiger partial charge is 0.451 e. The summed E-state index contributed by atoms with van der Waals surface area (Å²) in [5.74, 6) is -0.292. The van der Waals surface area contributed by atoms with Crippen molar-refractivity contribution >= 4 is 22.7 Å². The van der Waals surface area contributed by atoms with Crippen molar-refractivity contribution in [2.45, 2.75) is 64.4 Å². The molecule has 4 nitrogen and oxygen atoms in total. The summed E-state index contributed by atoms with van der Waals surface area (Å²) in [6.45, 7) is 2.01. The van der Waals surface area contributed by atoms with Crippen LogP contribution in [0.3, 0.4) is 0 Å². The third-order valence-corrected chi connectivity index (χ3v) is 5.37. The van der Waals surface area contributed by atoms with E-state index in [0.29, 0.717) is 18.4 Å². The van der Waals surface area contributed by atoms with E-state index in [1.165, 1.54) is 0 Å². The SMILES string of the molecule is Cc1ccc2nc3c(c(C(=O)OC4CCCCC4=O)c2c1)CCCC3. The van der Waals surface area contributed by atoms with Crippen molar-refractivity contribution < 1.29 is 14.3 Å². The van der Waals surface area contributed by atoms with E-state index in [4.69, 9.17) is 9.72 Å². The minimum absolute atomic E-state index is 0.0583. The van der Waals surface area contributed by atoms with Crippen LogP contribution >= 0.6 is 0 Å². The van der Waals surface area contributed by atoms with Gasteiger partial charge in [0, 0.05) is 17.5 Å². The van der Waals surface area contributed by atoms with Crippen molar-refractivity contribution in [2.75, 3.05) is 0 Å². The second-order valence-corrected chi connectivity index (χ2v) is 7.25. The Balaban J connectivity index is 1.79. The number of hydrogen-bond donors (Lipinski definition) is 0. The van der Waals surface area contributed by atoms with Crippen LogP contribution in [0.1, 0.15) is 65.7 Å². The van der Waals surface area contributed by atoms with Gasteiger partial charge in [-0.15, -0.1) is 0 Å². The van der Waals surface area contributed by atoms with E-state index in [1.807, 2.05) is 25.1 Å². The summed E-state index contributed by atoms with van der Waals surface area (Å²) in [5, 5.41) is 0.855. The number of rotatable bonds is 2. The number of carbonyl (C=O) groups is 2. The molecule has 1 aromatic heterocycles. The van der Waals surface area contributed by atoms with E-state index in [2.05, 4.69) is 0 Å². The summed E-state index contributed by atoms with van der Waals surface area (Å²) in [5.41, 5.74) is 4.62. The van der Waals surface area contributed by atoms with Gasteiger partial charge in [-0.05, 0) is 69.6 Å². The highest BCUT2D eigenvalue weighted by atomic mass is 16.5. The van der Waals surface area contributed by atoms with Gasteiger partial charge in [-0.3, -0.25) is 9.78 Å². The van der Waals surface area contributed by atoms with Crippen LogP contribution in [0.2, 0.25) is 0 Å². The Labute approximate surface area is 147 Å². The zero-order valence-corrected chi connectivity index (χ0v) is 14.6. The van der Waals surface area contributed by atoms with Crippen LogP contribution in [-0.4, -0.2) is 22.8 Å². The maximum Gasteiger partial charge on any atom is 0.339 e. The van der Waals surface area contributed by atoms with Gasteiger partial charge >= 0.3 is 5.97 Å². The highest BCUT2D eigenvalue weighted by Crippen LogP contribution is 2.31. The number of esters is 1. The normalized spacial score (nSPS) is 20.4. The first-order valence-corrected chi connectivity index (χ1v) is 9.29. The number of aryl methyl sites for hydroxylation is 2. The first-order chi connectivity index (χ1) is 12.1. The fraction of sp³-hybridized carbons (Fsp3) is 0.476. The molecule has 4 rings (SSSR count). The van der Waals surface area contributed by atoms with Gasteiger partial charge in [0.05, 0.1) is 11.1 Å². The minimum atomic E-state index is -0.575. The lowest BCUT2D eigenvalue weighted by Gasteiger charge is -2.24. The molecule has 2 aromatic rings. The number of ether oxygens (including phenoxy) is 1. The van der Waals surface area contributed by atoms with Gasteiger partial charge in [0.2, 0.25) is 0 Å². The highest BCUT2D eigenvalue weighted by Gasteiger charge is 2.29. The summed E-state index contributed by atoms with van der Waals surface area (Å²) >= 11 is 0. The standard InChI is InChI=1S/C21H23NO3/c1-13-10-11-17-15(12-13)20(14-6-2-3-7-16(14)22-17)21(24)25-19-9-5-4-8-18(19)23/h10-12,19H,2-9H2,1H3. The number of aromatic nitrogens is 1. The topological polar surface area (TPSA) is 56.3 Å². The Hall–Kier alpha value is -2.23. The third kappa shape index (κ3) is 3.06. The molecule has 2 aliphatic carbocycles. The summed E-state index contributed by atoms with van der Waals surface area (Å²) in [6, 6.07) is 6.00. The van der Waals surface area contributed by atoms with E-state index in [9.17, 15) is 9.59 Å². The highest BCUT2D eigenvalue weighted by molar-refractivity contribution is 6.06. The van der Waals surface area contributed by atoms with E-state index >= 15 is 0 Å². The van der Waals surface area contributed by atoms with Crippen LogP contribution in [0.4, 0.5) is 0 Å². The molecule has 25 heavy (non-hydrogen) atoms. The average Bonchev–Trinajstić information content (AvgIpc) is 2.61. The van der Waals surface area contributed by atoms with Crippen molar-refractivity contribution in [3.63, 3.8) is 0 Å². The predicted molar refractivity (Wildman–Crippen MR) is 95.8 cm³/mol. The Bertz CT molecular complexity index is 856. The molecule has 4 heteroatoms. The maximum atomic E-state index is 13.1. The lowest BCUT2D eigenvalue weighted by Crippen LogP contribution is -2.31. The Kier molecular flexibility index (Phi) is 4.28. The second-order valence-electron chi connectivity index (χ2n) is 7.25. The van der Waals surface area contributed by atoms with Gasteiger partial charge in [-0.2, -0.15) is 0 Å². The number of ketones is 1. The van der Waals surface area contributed by atoms with Crippen molar-refractivity contribution in [2.24, 2.45) is 0 Å². The lowest BCUT2D eigenvalue weighted by molar-refractivity contribution is -0.129. The predicted octanol–water partition coefficient (Wildman–Crippen LogP) is 4.09. The lowest BCUT2D eigenvalue weighted by atomic mass is 9.89. The van der Waals surface area contributed by atoms with E-state index in [-0.39, 0.29) is 11.8 Å². The molecule has 0 saturated heterocycles. The number of carbonyl (C=O) groups excluding carboxylic acids is 2. The van der Waals surface area contributed by atoms with Crippen LogP contribution in [0.25, 0.3) is 10.9 Å². The van der Waals surface area contributed by atoms with Crippen LogP contribution in [-0.2, 0) is 22.4 Å². The van der Waals surface area contributed by atoms with Crippen LogP contribution in [0, 0.1) is 6.92 Å². The minimum Gasteiger partial charge on any atom is -0.451 e. The van der Waals surface area contributed by atoms with E-state index < -0.39 is 6.10 Å². The van der Waals surface area contributed by atoms with Gasteiger partial charge in [0.25, 0.3) is 0 Å². The zero-order chi connectivity index (χ0) is 17.4. The second kappa shape index (κ2) is 6.58. The Morgan fingerprint density at radius 2 is 1.92 bits per heavy atom. The molecule has 1 fully saturated rings. The molecule has 1 aromatic carbocycles. The molecular weight excluding hydrogens is 314 g/mol. The summed E-state index contributed by atoms with van der Waals surface area (Å²) in [4.78, 5) is 29.9. The molecular formula is C21H23NO3. The smallest absolute Gasteiger partial charge is 0.339 e. The van der Waals surface area contributed by atoms with Gasteiger partial charge in [0.15, 0.2) is 11.9 Å². The Morgan fingerprint density at radius 3 is 2.76 bits per heavy atom. The van der Waals surface area contributed by atoms with Gasteiger partial charge in [0.1, 0.15) is 0 Å². The molecule has 2 aliphatic rings. The third-order valence-electron chi connectivity index (χ3n) is 5.37. The van der Waals surface area contributed by atoms with Crippen LogP contribution < -0.4 is 0 Å². The number of pyridine rings is 1. The molecule has 130 valence electrons. The van der Waals surface area contributed by atoms with Gasteiger partial charge in [-0.25, -0.2) is 4.79 Å². The van der Waals surface area contributed by atoms with Crippen LogP contribution in [0.5, 0.6) is 0 Å². The Morgan fingerprint density at radius 1 is 1.12 bits per heavy atom. The number of Topliss-reactive ketones (excluding diaryl/α,β-unsaturated/α-hetero) is 1. The van der Waals surface area contributed by atoms with E-state index in [0.717, 1.165) is 66.2 Å². The van der Waals surface area contributed by atoms with Gasteiger partial charge in [-0.1, -0.05) is 11.6 Å². The van der Waals surface area contributed by atoms with Crippen LogP contribution in [0.15, 0.2) is 18.2 Å². The quantitative estimate of drug-likeness (QED) is 0.775. The zero-order valence-electron chi connectivity index (χ0n) is 14.6. The fourth-order valence-corrected chi connectivity index (χ4v) is 4.03. The molecule has 1 saturated carbocycles. The first-order valence-electron chi connectivity index (χ1n) is 9.29. The van der Waals surface area contributed by atoms with Crippen molar-refractivity contribution in [3.8, 4) is 0 Å². The summed E-state index contributed by atoms with van der Waals surface area (Å²) in [7, 11) is 0. The van der Waals surface area contributed by atoms with Crippen molar-refractivity contribution in [3.05, 3.63) is 40.6 Å². The van der Waals surface area contributed by atoms with Crippen molar-refractivity contribution in [1.29, 1.82) is 0 Å². The number of benzene rings is 1. The molecule has 1 unspecified atom stereocenters. The first kappa shape index (κ1) is 16.2. The monoisotopic (exact) mass is 337 g/mol. The molecule has 0 aliphatic heterocycles. The average molecular weight is 337 g/mol. The molecule has 1 heterocycles. The molecule has 1 atom stereocenters. The van der Waals surface area contributed by atoms with Crippen molar-refractivity contribution in [1.82, 2.24) is 4.98 Å². The fourth-order valence-electron chi connectivity index (χ4n) is 4.03. The number of fused-ring (bicyclic) bond motifs is 2. The molecule has 0 N–H and O–H groups in total. The molecule has 0 amide bonds. The molecule has 0 bridgehead atoms. The summed E-state index contributed by atoms with van der Waals surface area (Å²) < 4.78 is 5.69. The maximum absolute atomic E-state index is 13.1. The van der Waals surface area contributed by atoms with E-state index in [1.54, 1.807) is 0 Å². The summed E-state index contributed by atoms with van der Waals surface area (Å²) in [6.07, 6.45) is 6.37. The number of hydrogen-bond acceptors (Lipinski definition) is 4. The molecule has 0 spiro atoms.